The van der Waals surface area contributed by atoms with Crippen molar-refractivity contribution in [2.75, 3.05) is 23.7 Å². The topological polar surface area (TPSA) is 90.5 Å². The van der Waals surface area contributed by atoms with Gasteiger partial charge in [-0.2, -0.15) is 0 Å². The third kappa shape index (κ3) is 5.27. The lowest BCUT2D eigenvalue weighted by atomic mass is 9.86. The van der Waals surface area contributed by atoms with E-state index in [4.69, 9.17) is 0 Å². The van der Waals surface area contributed by atoms with Crippen LogP contribution in [0.3, 0.4) is 0 Å². The zero-order chi connectivity index (χ0) is 25.5. The Bertz CT molecular complexity index is 1110. The number of carbonyl (C=O) groups excluding carboxylic acids is 3. The Morgan fingerprint density at radius 2 is 1.68 bits per heavy atom. The van der Waals surface area contributed by atoms with Gasteiger partial charge in [0.2, 0.25) is 5.91 Å². The summed E-state index contributed by atoms with van der Waals surface area (Å²) in [4.78, 5) is 41.7. The van der Waals surface area contributed by atoms with Crippen molar-refractivity contribution in [3.8, 4) is 0 Å². The Kier molecular flexibility index (Phi) is 6.86. The summed E-state index contributed by atoms with van der Waals surface area (Å²) in [6, 6.07) is 9.13. The van der Waals surface area contributed by atoms with Crippen LogP contribution in [-0.4, -0.2) is 41.4 Å². The number of nitrogens with zero attached hydrogens (tertiary/aromatic N) is 1. The summed E-state index contributed by atoms with van der Waals surface area (Å²) in [6.45, 7) is 16.7. The Morgan fingerprint density at radius 1 is 1.03 bits per heavy atom. The van der Waals surface area contributed by atoms with E-state index < -0.39 is 11.6 Å². The molecule has 1 aromatic carbocycles. The Labute approximate surface area is 206 Å². The van der Waals surface area contributed by atoms with Crippen molar-refractivity contribution < 1.29 is 14.4 Å². The first kappa shape index (κ1) is 25.7. The Balaban J connectivity index is 1.93. The van der Waals surface area contributed by atoms with Crippen molar-refractivity contribution in [1.82, 2.24) is 10.2 Å². The smallest absolute Gasteiger partial charge is 0.324 e. The number of hydrogen-bond acceptors (Lipinski definition) is 4. The van der Waals surface area contributed by atoms with Crippen LogP contribution in [0.2, 0.25) is 0 Å². The highest BCUT2D eigenvalue weighted by molar-refractivity contribution is 7.16. The molecule has 0 atom stereocenters. The number of amides is 4. The molecule has 0 spiro atoms. The highest BCUT2D eigenvalue weighted by Gasteiger charge is 2.42. The molecule has 0 aliphatic carbocycles. The molecular formula is C26H36N4O3S. The molecule has 0 saturated carbocycles. The zero-order valence-corrected chi connectivity index (χ0v) is 22.2. The summed E-state index contributed by atoms with van der Waals surface area (Å²) in [5.41, 5.74) is 0.810. The fourth-order valence-corrected chi connectivity index (χ4v) is 5.02. The zero-order valence-electron chi connectivity index (χ0n) is 21.4. The average Bonchev–Trinajstić information content (AvgIpc) is 3.13. The molecule has 3 N–H and O–H groups in total. The molecule has 7 nitrogen and oxygen atoms in total. The summed E-state index contributed by atoms with van der Waals surface area (Å²) < 4.78 is 0. The van der Waals surface area contributed by atoms with E-state index in [1.165, 1.54) is 11.3 Å². The Morgan fingerprint density at radius 3 is 2.29 bits per heavy atom. The fraction of sp³-hybridized carbons (Fsp3) is 0.500. The van der Waals surface area contributed by atoms with Gasteiger partial charge >= 0.3 is 6.03 Å². The second-order valence-electron chi connectivity index (χ2n) is 11.2. The lowest BCUT2D eigenvalue weighted by molar-refractivity contribution is -0.133. The molecule has 184 valence electrons. The number of carbonyl (C=O) groups is 3. The molecule has 1 fully saturated rings. The molecule has 0 radical (unpaired) electrons. The van der Waals surface area contributed by atoms with Crippen molar-refractivity contribution >= 4 is 39.9 Å². The fourth-order valence-electron chi connectivity index (χ4n) is 3.92. The minimum Gasteiger partial charge on any atom is -0.352 e. The number of rotatable bonds is 3. The van der Waals surface area contributed by atoms with Crippen LogP contribution in [0.15, 0.2) is 30.3 Å². The van der Waals surface area contributed by atoms with E-state index in [0.717, 1.165) is 16.1 Å². The van der Waals surface area contributed by atoms with Crippen molar-refractivity contribution in [3.63, 3.8) is 0 Å². The van der Waals surface area contributed by atoms with Gasteiger partial charge in [0.25, 0.3) is 5.91 Å². The van der Waals surface area contributed by atoms with Crippen molar-refractivity contribution in [1.29, 1.82) is 0 Å². The van der Waals surface area contributed by atoms with Crippen LogP contribution in [0, 0.1) is 0 Å². The summed E-state index contributed by atoms with van der Waals surface area (Å²) in [5, 5.41) is 9.15. The number of benzene rings is 1. The minimum absolute atomic E-state index is 0.145. The van der Waals surface area contributed by atoms with Crippen LogP contribution < -0.4 is 16.0 Å². The number of piperazine rings is 1. The first-order valence-electron chi connectivity index (χ1n) is 11.5. The molecule has 0 bridgehead atoms. The molecule has 0 unspecified atom stereocenters. The summed E-state index contributed by atoms with van der Waals surface area (Å²) in [6.07, 6.45) is 0. The van der Waals surface area contributed by atoms with E-state index in [2.05, 4.69) is 57.5 Å². The maximum Gasteiger partial charge on any atom is 0.324 e. The van der Waals surface area contributed by atoms with Crippen LogP contribution in [0.1, 0.15) is 76.2 Å². The summed E-state index contributed by atoms with van der Waals surface area (Å²) in [5.74, 6) is -0.457. The molecule has 8 heteroatoms. The largest absolute Gasteiger partial charge is 0.352 e. The van der Waals surface area contributed by atoms with Crippen molar-refractivity contribution in [3.05, 3.63) is 46.3 Å². The van der Waals surface area contributed by atoms with E-state index >= 15 is 0 Å². The third-order valence-corrected chi connectivity index (χ3v) is 7.48. The first-order valence-corrected chi connectivity index (χ1v) is 12.4. The van der Waals surface area contributed by atoms with Crippen LogP contribution in [0.4, 0.5) is 15.5 Å². The van der Waals surface area contributed by atoms with E-state index in [1.54, 1.807) is 18.7 Å². The van der Waals surface area contributed by atoms with Gasteiger partial charge in [-0.1, -0.05) is 59.7 Å². The lowest BCUT2D eigenvalue weighted by Gasteiger charge is -2.41. The van der Waals surface area contributed by atoms with Crippen LogP contribution in [0.5, 0.6) is 0 Å². The van der Waals surface area contributed by atoms with E-state index in [0.29, 0.717) is 23.7 Å². The number of anilines is 2. The van der Waals surface area contributed by atoms with Crippen LogP contribution >= 0.6 is 11.3 Å². The van der Waals surface area contributed by atoms with Gasteiger partial charge in [-0.05, 0) is 42.4 Å². The Hall–Kier alpha value is -2.87. The van der Waals surface area contributed by atoms with Gasteiger partial charge in [-0.25, -0.2) is 4.79 Å². The number of thiophene rings is 1. The number of hydrogen-bond donors (Lipinski definition) is 3. The maximum absolute atomic E-state index is 13.6. The van der Waals surface area contributed by atoms with Gasteiger partial charge in [-0.15, -0.1) is 11.3 Å². The number of nitrogens with one attached hydrogen (secondary N) is 3. The highest BCUT2D eigenvalue weighted by Crippen LogP contribution is 2.38. The monoisotopic (exact) mass is 484 g/mol. The predicted molar refractivity (Wildman–Crippen MR) is 139 cm³/mol. The summed E-state index contributed by atoms with van der Waals surface area (Å²) in [7, 11) is 0. The van der Waals surface area contributed by atoms with Gasteiger partial charge in [0.05, 0.1) is 5.56 Å². The first-order chi connectivity index (χ1) is 15.6. The van der Waals surface area contributed by atoms with E-state index in [9.17, 15) is 14.4 Å². The predicted octanol–water partition coefficient (Wildman–Crippen LogP) is 5.34. The van der Waals surface area contributed by atoms with E-state index in [-0.39, 0.29) is 22.6 Å². The van der Waals surface area contributed by atoms with Gasteiger partial charge in [-0.3, -0.25) is 14.9 Å². The second-order valence-corrected chi connectivity index (χ2v) is 12.3. The minimum atomic E-state index is -0.982. The van der Waals surface area contributed by atoms with Gasteiger partial charge in [0, 0.05) is 23.7 Å². The number of para-hydroxylation sites is 1. The van der Waals surface area contributed by atoms with Crippen LogP contribution in [0.25, 0.3) is 0 Å². The quantitative estimate of drug-likeness (QED) is 0.549. The molecule has 1 aliphatic heterocycles. The standard InChI is InChI=1S/C26H36N4O3S/c1-24(2,3)17-11-9-10-12-18(17)28-23(33)29-20-16(15-19(34-20)25(4,5)6)21(31)30-14-13-27-22(32)26(30,7)8/h9-12,15H,13-14H2,1-8H3,(H,27,32)(H2,28,29,33). The van der Waals surface area contributed by atoms with Crippen molar-refractivity contribution in [2.45, 2.75) is 71.8 Å². The molecule has 4 amide bonds. The average molecular weight is 485 g/mol. The van der Waals surface area contributed by atoms with Gasteiger partial charge in [0.15, 0.2) is 0 Å². The molecular weight excluding hydrogens is 448 g/mol. The molecule has 1 aliphatic rings. The second kappa shape index (κ2) is 9.06. The molecule has 1 aromatic heterocycles. The molecule has 3 rings (SSSR count). The lowest BCUT2D eigenvalue weighted by Crippen LogP contribution is -2.63. The normalized spacial score (nSPS) is 16.1. The molecule has 1 saturated heterocycles. The van der Waals surface area contributed by atoms with Gasteiger partial charge in [0.1, 0.15) is 10.5 Å². The SMILES string of the molecule is CC(C)(C)c1cc(C(=O)N2CCNC(=O)C2(C)C)c(NC(=O)Nc2ccccc2C(C)(C)C)s1. The number of urea groups is 1. The van der Waals surface area contributed by atoms with Crippen molar-refractivity contribution in [2.24, 2.45) is 0 Å². The van der Waals surface area contributed by atoms with Crippen LogP contribution in [-0.2, 0) is 15.6 Å². The molecule has 34 heavy (non-hydrogen) atoms. The maximum atomic E-state index is 13.6. The molecule has 2 aromatic rings. The summed E-state index contributed by atoms with van der Waals surface area (Å²) >= 11 is 1.39. The highest BCUT2D eigenvalue weighted by atomic mass is 32.1. The molecule has 2 heterocycles. The third-order valence-electron chi connectivity index (χ3n) is 6.01. The van der Waals surface area contributed by atoms with Gasteiger partial charge < -0.3 is 15.5 Å². The van der Waals surface area contributed by atoms with E-state index in [1.807, 2.05) is 30.3 Å².